The lowest BCUT2D eigenvalue weighted by atomic mass is 9.92. The molecule has 2 fully saturated rings. The zero-order valence-corrected chi connectivity index (χ0v) is 19.9. The van der Waals surface area contributed by atoms with Crippen molar-refractivity contribution in [2.45, 2.75) is 76.0 Å². The molecular formula is C25H23F9N2O2. The minimum absolute atomic E-state index is 0.0350. The van der Waals surface area contributed by atoms with Crippen molar-refractivity contribution in [1.29, 1.82) is 0 Å². The Labute approximate surface area is 211 Å². The van der Waals surface area contributed by atoms with Crippen LogP contribution < -0.4 is 5.32 Å². The number of hydrogen-bond donors (Lipinski definition) is 1. The first-order valence-electron chi connectivity index (χ1n) is 11.7. The molecule has 4 nitrogen and oxygen atoms in total. The van der Waals surface area contributed by atoms with Crippen molar-refractivity contribution in [2.24, 2.45) is 0 Å². The quantitative estimate of drug-likeness (QED) is 0.377. The predicted molar refractivity (Wildman–Crippen MR) is 117 cm³/mol. The van der Waals surface area contributed by atoms with Gasteiger partial charge in [0, 0.05) is 19.1 Å². The first-order valence-corrected chi connectivity index (χ1v) is 11.7. The summed E-state index contributed by atoms with van der Waals surface area (Å²) in [5, 5.41) is 3.23. The average Bonchev–Trinajstić information content (AvgIpc) is 3.05. The van der Waals surface area contributed by atoms with Gasteiger partial charge >= 0.3 is 24.6 Å². The first-order chi connectivity index (χ1) is 17.5. The lowest BCUT2D eigenvalue weighted by molar-refractivity contribution is -0.143. The average molecular weight is 554 g/mol. The smallest absolute Gasteiger partial charge is 0.416 e. The second-order valence-electron chi connectivity index (χ2n) is 9.50. The third-order valence-electron chi connectivity index (χ3n) is 6.89. The van der Waals surface area contributed by atoms with E-state index in [9.17, 15) is 44.3 Å². The van der Waals surface area contributed by atoms with Crippen molar-refractivity contribution in [1.82, 2.24) is 10.2 Å². The first kappa shape index (κ1) is 28.1. The SMILES string of the molecule is C[C@H]1[C@@H](c2cc(C(F)(F)F)cc(C(F)(F)F)c2)OC(=O)N1Cc1cc(C(F)(F)F)ccc1CNC1CCC1. The van der Waals surface area contributed by atoms with Gasteiger partial charge in [0.2, 0.25) is 0 Å². The van der Waals surface area contributed by atoms with Crippen LogP contribution in [0.5, 0.6) is 0 Å². The zero-order chi connectivity index (χ0) is 28.0. The fraction of sp³-hybridized carbons (Fsp3) is 0.480. The van der Waals surface area contributed by atoms with Crippen LogP contribution in [0.2, 0.25) is 0 Å². The van der Waals surface area contributed by atoms with E-state index in [-0.39, 0.29) is 30.8 Å². The molecule has 0 spiro atoms. The number of halogens is 9. The van der Waals surface area contributed by atoms with Crippen molar-refractivity contribution in [3.63, 3.8) is 0 Å². The molecule has 2 aromatic rings. The molecule has 0 radical (unpaired) electrons. The summed E-state index contributed by atoms with van der Waals surface area (Å²) < 4.78 is 125. The summed E-state index contributed by atoms with van der Waals surface area (Å²) in [5.41, 5.74) is -3.99. The highest BCUT2D eigenvalue weighted by Gasteiger charge is 2.43. The number of ether oxygens (including phenoxy) is 1. The largest absolute Gasteiger partial charge is 0.439 e. The number of nitrogens with zero attached hydrogens (tertiary/aromatic N) is 1. The summed E-state index contributed by atoms with van der Waals surface area (Å²) in [4.78, 5) is 13.7. The summed E-state index contributed by atoms with van der Waals surface area (Å²) in [6.07, 6.45) is -14.6. The number of carbonyl (C=O) groups is 1. The maximum Gasteiger partial charge on any atom is 0.416 e. The number of benzene rings is 2. The Morgan fingerprint density at radius 2 is 1.42 bits per heavy atom. The molecule has 1 N–H and O–H groups in total. The van der Waals surface area contributed by atoms with Crippen LogP contribution >= 0.6 is 0 Å². The van der Waals surface area contributed by atoms with E-state index in [2.05, 4.69) is 5.32 Å². The van der Waals surface area contributed by atoms with Gasteiger partial charge in [0.1, 0.15) is 6.10 Å². The van der Waals surface area contributed by atoms with E-state index >= 15 is 0 Å². The third-order valence-corrected chi connectivity index (χ3v) is 6.89. The topological polar surface area (TPSA) is 41.6 Å². The second kappa shape index (κ2) is 9.97. The van der Waals surface area contributed by atoms with Crippen LogP contribution in [-0.4, -0.2) is 23.1 Å². The minimum atomic E-state index is -5.10. The third kappa shape index (κ3) is 6.02. The molecule has 1 saturated carbocycles. The van der Waals surface area contributed by atoms with Gasteiger partial charge in [-0.3, -0.25) is 4.90 Å². The predicted octanol–water partition coefficient (Wildman–Crippen LogP) is 7.47. The molecule has 0 bridgehead atoms. The van der Waals surface area contributed by atoms with E-state index < -0.39 is 59.0 Å². The van der Waals surface area contributed by atoms with Crippen molar-refractivity contribution in [3.05, 3.63) is 69.8 Å². The van der Waals surface area contributed by atoms with Gasteiger partial charge in [-0.15, -0.1) is 0 Å². The van der Waals surface area contributed by atoms with Crippen LogP contribution in [0.1, 0.15) is 65.7 Å². The summed E-state index contributed by atoms with van der Waals surface area (Å²) in [6, 6.07) is 3.15. The molecule has 2 aromatic carbocycles. The van der Waals surface area contributed by atoms with Crippen LogP contribution in [0.3, 0.4) is 0 Å². The van der Waals surface area contributed by atoms with Crippen molar-refractivity contribution < 1.29 is 49.0 Å². The Hall–Kier alpha value is -2.96. The zero-order valence-electron chi connectivity index (χ0n) is 19.9. The number of alkyl halides is 9. The van der Waals surface area contributed by atoms with Gasteiger partial charge < -0.3 is 10.1 Å². The van der Waals surface area contributed by atoms with E-state index in [0.717, 1.165) is 36.3 Å². The van der Waals surface area contributed by atoms with Gasteiger partial charge in [-0.1, -0.05) is 12.5 Å². The van der Waals surface area contributed by atoms with Gasteiger partial charge in [0.25, 0.3) is 0 Å². The van der Waals surface area contributed by atoms with Crippen LogP contribution in [-0.2, 0) is 36.4 Å². The summed E-state index contributed by atoms with van der Waals surface area (Å²) in [7, 11) is 0. The summed E-state index contributed by atoms with van der Waals surface area (Å²) >= 11 is 0. The minimum Gasteiger partial charge on any atom is -0.439 e. The Kier molecular flexibility index (Phi) is 7.36. The molecule has 4 rings (SSSR count). The van der Waals surface area contributed by atoms with Crippen LogP contribution in [0, 0.1) is 0 Å². The molecule has 13 heteroatoms. The van der Waals surface area contributed by atoms with Gasteiger partial charge in [-0.05, 0) is 66.8 Å². The number of cyclic esters (lactones) is 1. The highest BCUT2D eigenvalue weighted by molar-refractivity contribution is 5.71. The lowest BCUT2D eigenvalue weighted by Crippen LogP contribution is -2.35. The second-order valence-corrected chi connectivity index (χ2v) is 9.50. The molecular weight excluding hydrogens is 531 g/mol. The van der Waals surface area contributed by atoms with E-state index in [1.54, 1.807) is 0 Å². The van der Waals surface area contributed by atoms with Gasteiger partial charge in [-0.25, -0.2) is 4.79 Å². The maximum absolute atomic E-state index is 13.4. The van der Waals surface area contributed by atoms with Gasteiger partial charge in [-0.2, -0.15) is 39.5 Å². The standard InChI is InChI=1S/C25H23F9N2O2/c1-13-21(15-7-18(24(29,30)31)10-19(8-15)25(32,33)34)38-22(37)36(13)12-16-9-17(23(26,27)28)6-5-14(16)11-35-20-3-2-4-20/h5-10,13,20-21,35H,2-4,11-12H2,1H3/t13-,21-/m0/s1. The maximum atomic E-state index is 13.4. The highest BCUT2D eigenvalue weighted by Crippen LogP contribution is 2.41. The molecule has 1 aliphatic heterocycles. The monoisotopic (exact) mass is 554 g/mol. The molecule has 2 atom stereocenters. The van der Waals surface area contributed by atoms with Crippen molar-refractivity contribution >= 4 is 6.09 Å². The Morgan fingerprint density at radius 3 is 1.92 bits per heavy atom. The van der Waals surface area contributed by atoms with E-state index in [1.165, 1.54) is 13.0 Å². The molecule has 1 amide bonds. The Bertz CT molecular complexity index is 1150. The van der Waals surface area contributed by atoms with Crippen LogP contribution in [0.4, 0.5) is 44.3 Å². The van der Waals surface area contributed by atoms with E-state index in [1.807, 2.05) is 0 Å². The summed E-state index contributed by atoms with van der Waals surface area (Å²) in [5.74, 6) is 0. The number of amides is 1. The number of carbonyl (C=O) groups excluding carboxylic acids is 1. The lowest BCUT2D eigenvalue weighted by Gasteiger charge is -2.28. The molecule has 208 valence electrons. The molecule has 0 aromatic heterocycles. The van der Waals surface area contributed by atoms with Gasteiger partial charge in [0.15, 0.2) is 0 Å². The fourth-order valence-electron chi connectivity index (χ4n) is 4.47. The Morgan fingerprint density at radius 1 is 0.842 bits per heavy atom. The normalized spacial score (nSPS) is 21.0. The van der Waals surface area contributed by atoms with Crippen LogP contribution in [0.25, 0.3) is 0 Å². The van der Waals surface area contributed by atoms with Gasteiger partial charge in [0.05, 0.1) is 22.7 Å². The molecule has 1 saturated heterocycles. The molecule has 2 aliphatic rings. The van der Waals surface area contributed by atoms with E-state index in [0.29, 0.717) is 17.7 Å². The summed E-state index contributed by atoms with van der Waals surface area (Å²) in [6.45, 7) is 1.19. The molecule has 38 heavy (non-hydrogen) atoms. The number of rotatable bonds is 6. The molecule has 1 aliphatic carbocycles. The van der Waals surface area contributed by atoms with Crippen LogP contribution in [0.15, 0.2) is 36.4 Å². The number of nitrogens with one attached hydrogen (secondary N) is 1. The highest BCUT2D eigenvalue weighted by atomic mass is 19.4. The van der Waals surface area contributed by atoms with Crippen molar-refractivity contribution in [3.8, 4) is 0 Å². The molecule has 0 unspecified atom stereocenters. The number of hydrogen-bond acceptors (Lipinski definition) is 3. The molecule has 1 heterocycles. The van der Waals surface area contributed by atoms with Crippen molar-refractivity contribution in [2.75, 3.05) is 0 Å². The Balaban J connectivity index is 1.64. The van der Waals surface area contributed by atoms with E-state index in [4.69, 9.17) is 4.74 Å². The fourth-order valence-corrected chi connectivity index (χ4v) is 4.47.